The number of anilines is 1. The van der Waals surface area contributed by atoms with Gasteiger partial charge in [0, 0.05) is 17.6 Å². The van der Waals surface area contributed by atoms with Gasteiger partial charge in [0.1, 0.15) is 11.8 Å². The molecule has 2 atom stereocenters. The van der Waals surface area contributed by atoms with Crippen LogP contribution in [-0.2, 0) is 19.6 Å². The van der Waals surface area contributed by atoms with Crippen molar-refractivity contribution in [2.75, 3.05) is 31.7 Å². The molecule has 2 aromatic carbocycles. The summed E-state index contributed by atoms with van der Waals surface area (Å²) in [6.45, 7) is 1.32. The Morgan fingerprint density at radius 3 is 2.74 bits per heavy atom. The van der Waals surface area contributed by atoms with E-state index < -0.39 is 16.1 Å². The van der Waals surface area contributed by atoms with Crippen molar-refractivity contribution in [1.29, 1.82) is 0 Å². The number of carbonyl (C=O) groups is 1. The Kier molecular flexibility index (Phi) is 7.13. The first kappa shape index (κ1) is 24.6. The molecule has 3 heterocycles. The van der Waals surface area contributed by atoms with E-state index in [4.69, 9.17) is 14.5 Å². The van der Waals surface area contributed by atoms with Crippen LogP contribution in [0, 0.1) is 0 Å². The lowest BCUT2D eigenvalue weighted by atomic mass is 10.2. The molecule has 0 N–H and O–H groups in total. The number of nitrogens with zero attached hydrogens (tertiary/aromatic N) is 3. The van der Waals surface area contributed by atoms with E-state index in [-0.39, 0.29) is 16.9 Å². The average molecular weight is 581 g/mol. The summed E-state index contributed by atoms with van der Waals surface area (Å²) in [5.74, 6) is 0.316. The second-order valence-electron chi connectivity index (χ2n) is 8.64. The lowest BCUT2D eigenvalue weighted by molar-refractivity contribution is -0.122. The minimum absolute atomic E-state index is 0.0919. The molecule has 5 rings (SSSR count). The third-order valence-electron chi connectivity index (χ3n) is 6.40. The number of benzene rings is 2. The van der Waals surface area contributed by atoms with Crippen LogP contribution in [0.3, 0.4) is 0 Å². The molecule has 1 amide bonds. The van der Waals surface area contributed by atoms with Crippen molar-refractivity contribution in [3.05, 3.63) is 46.9 Å². The van der Waals surface area contributed by atoms with E-state index in [0.29, 0.717) is 43.4 Å². The van der Waals surface area contributed by atoms with E-state index in [9.17, 15) is 13.2 Å². The van der Waals surface area contributed by atoms with Gasteiger partial charge in [0.2, 0.25) is 15.9 Å². The molecular formula is C24H26BrN3O5S2. The highest BCUT2D eigenvalue weighted by Gasteiger charge is 2.42. The number of ether oxygens (including phenoxy) is 2. The summed E-state index contributed by atoms with van der Waals surface area (Å²) in [6.07, 6.45) is 2.80. The van der Waals surface area contributed by atoms with E-state index in [1.54, 1.807) is 17.0 Å². The molecule has 8 nitrogen and oxygen atoms in total. The standard InChI is InChI=1S/C24H26BrN3O5S2/c1-32-17-7-9-19(10-8-17)35(30,31)28-12-2-5-21(28)23(29)27(15-18-4-3-13-33-18)24-26-20-11-6-16(25)14-22(20)34-24/h6-11,14,18,21H,2-5,12-13,15H2,1H3. The van der Waals surface area contributed by atoms with Crippen LogP contribution in [0.1, 0.15) is 25.7 Å². The maximum Gasteiger partial charge on any atom is 0.247 e. The minimum Gasteiger partial charge on any atom is -0.497 e. The molecule has 0 bridgehead atoms. The predicted octanol–water partition coefficient (Wildman–Crippen LogP) is 4.43. The Hall–Kier alpha value is -2.05. The molecule has 0 spiro atoms. The minimum atomic E-state index is -3.86. The number of amides is 1. The number of carbonyl (C=O) groups excluding carboxylic acids is 1. The molecule has 2 saturated heterocycles. The summed E-state index contributed by atoms with van der Waals surface area (Å²) in [5.41, 5.74) is 0.799. The molecule has 0 saturated carbocycles. The number of hydrogen-bond donors (Lipinski definition) is 0. The second-order valence-corrected chi connectivity index (χ2v) is 12.5. The number of sulfonamides is 1. The fraction of sp³-hybridized carbons (Fsp3) is 0.417. The molecule has 35 heavy (non-hydrogen) atoms. The third-order valence-corrected chi connectivity index (χ3v) is 9.86. The maximum atomic E-state index is 14.0. The first-order valence-corrected chi connectivity index (χ1v) is 14.6. The Balaban J connectivity index is 1.47. The molecule has 2 aliphatic rings. The van der Waals surface area contributed by atoms with Crippen molar-refractivity contribution in [3.8, 4) is 5.75 Å². The van der Waals surface area contributed by atoms with Crippen molar-refractivity contribution in [2.24, 2.45) is 0 Å². The number of halogens is 1. The normalized spacial score (nSPS) is 21.0. The zero-order chi connectivity index (χ0) is 24.6. The predicted molar refractivity (Wildman–Crippen MR) is 139 cm³/mol. The van der Waals surface area contributed by atoms with Crippen molar-refractivity contribution in [1.82, 2.24) is 9.29 Å². The molecule has 2 fully saturated rings. The zero-order valence-corrected chi connectivity index (χ0v) is 22.4. The number of fused-ring (bicyclic) bond motifs is 1. The number of hydrogen-bond acceptors (Lipinski definition) is 7. The summed E-state index contributed by atoms with van der Waals surface area (Å²) in [6, 6.07) is 11.3. The lowest BCUT2D eigenvalue weighted by Crippen LogP contribution is -2.49. The smallest absolute Gasteiger partial charge is 0.247 e. The fourth-order valence-electron chi connectivity index (χ4n) is 4.59. The number of thiazole rings is 1. The molecule has 2 unspecified atom stereocenters. The van der Waals surface area contributed by atoms with Gasteiger partial charge in [-0.05, 0) is 68.1 Å². The molecule has 3 aromatic rings. The Bertz CT molecular complexity index is 1320. The maximum absolute atomic E-state index is 14.0. The third kappa shape index (κ3) is 4.97. The Morgan fingerprint density at radius 1 is 1.23 bits per heavy atom. The highest BCUT2D eigenvalue weighted by molar-refractivity contribution is 9.10. The van der Waals surface area contributed by atoms with Crippen LogP contribution >= 0.6 is 27.3 Å². The molecule has 11 heteroatoms. The van der Waals surface area contributed by atoms with Gasteiger partial charge in [0.05, 0.1) is 34.9 Å². The molecular weight excluding hydrogens is 554 g/mol. The summed E-state index contributed by atoms with van der Waals surface area (Å²) >= 11 is 4.92. The summed E-state index contributed by atoms with van der Waals surface area (Å²) in [4.78, 5) is 20.5. The van der Waals surface area contributed by atoms with Gasteiger partial charge in [0.25, 0.3) is 0 Å². The van der Waals surface area contributed by atoms with Crippen molar-refractivity contribution >= 4 is 58.5 Å². The second kappa shape index (κ2) is 10.1. The van der Waals surface area contributed by atoms with Crippen LogP contribution in [0.4, 0.5) is 5.13 Å². The van der Waals surface area contributed by atoms with Crippen LogP contribution in [0.2, 0.25) is 0 Å². The summed E-state index contributed by atoms with van der Waals surface area (Å²) in [5, 5.41) is 0.562. The van der Waals surface area contributed by atoms with Crippen molar-refractivity contribution in [3.63, 3.8) is 0 Å². The van der Waals surface area contributed by atoms with E-state index in [0.717, 1.165) is 27.5 Å². The van der Waals surface area contributed by atoms with Gasteiger partial charge in [-0.25, -0.2) is 13.4 Å². The van der Waals surface area contributed by atoms with Crippen LogP contribution in [-0.4, -0.2) is 62.6 Å². The van der Waals surface area contributed by atoms with Crippen molar-refractivity contribution < 1.29 is 22.7 Å². The average Bonchev–Trinajstić information content (AvgIpc) is 3.62. The monoisotopic (exact) mass is 579 g/mol. The van der Waals surface area contributed by atoms with Crippen LogP contribution < -0.4 is 9.64 Å². The highest BCUT2D eigenvalue weighted by Crippen LogP contribution is 2.34. The molecule has 0 aliphatic carbocycles. The van der Waals surface area contributed by atoms with Gasteiger partial charge in [0.15, 0.2) is 5.13 Å². The quantitative estimate of drug-likeness (QED) is 0.411. The van der Waals surface area contributed by atoms with Crippen LogP contribution in [0.5, 0.6) is 5.75 Å². The highest BCUT2D eigenvalue weighted by atomic mass is 79.9. The fourth-order valence-corrected chi connectivity index (χ4v) is 7.78. The van der Waals surface area contributed by atoms with Gasteiger partial charge >= 0.3 is 0 Å². The van der Waals surface area contributed by atoms with Gasteiger partial charge in [-0.2, -0.15) is 4.31 Å². The first-order valence-electron chi connectivity index (χ1n) is 11.5. The SMILES string of the molecule is COc1ccc(S(=O)(=O)N2CCCC2C(=O)N(CC2CCCO2)c2nc3ccc(Br)cc3s2)cc1. The topological polar surface area (TPSA) is 89.0 Å². The number of methoxy groups -OCH3 is 1. The zero-order valence-electron chi connectivity index (χ0n) is 19.2. The van der Waals surface area contributed by atoms with Crippen LogP contribution in [0.25, 0.3) is 10.2 Å². The lowest BCUT2D eigenvalue weighted by Gasteiger charge is -2.29. The Morgan fingerprint density at radius 2 is 2.03 bits per heavy atom. The molecule has 2 aliphatic heterocycles. The number of aromatic nitrogens is 1. The van der Waals surface area contributed by atoms with E-state index >= 15 is 0 Å². The van der Waals surface area contributed by atoms with E-state index in [1.807, 2.05) is 18.2 Å². The van der Waals surface area contributed by atoms with Gasteiger partial charge in [-0.1, -0.05) is 27.3 Å². The van der Waals surface area contributed by atoms with Gasteiger partial charge in [-0.15, -0.1) is 0 Å². The van der Waals surface area contributed by atoms with Crippen LogP contribution in [0.15, 0.2) is 51.8 Å². The summed E-state index contributed by atoms with van der Waals surface area (Å²) < 4.78 is 41.2. The van der Waals surface area contributed by atoms with E-state index in [2.05, 4.69) is 15.9 Å². The number of rotatable bonds is 7. The molecule has 186 valence electrons. The Labute approximate surface area is 217 Å². The van der Waals surface area contributed by atoms with Crippen molar-refractivity contribution in [2.45, 2.75) is 42.7 Å². The molecule has 1 aromatic heterocycles. The largest absolute Gasteiger partial charge is 0.497 e. The first-order chi connectivity index (χ1) is 16.9. The van der Waals surface area contributed by atoms with E-state index in [1.165, 1.54) is 34.9 Å². The van der Waals surface area contributed by atoms with Gasteiger partial charge in [-0.3, -0.25) is 9.69 Å². The summed E-state index contributed by atoms with van der Waals surface area (Å²) in [7, 11) is -2.33. The molecule has 0 radical (unpaired) electrons. The van der Waals surface area contributed by atoms with Gasteiger partial charge < -0.3 is 9.47 Å².